The van der Waals surface area contributed by atoms with Crippen LogP contribution in [0.2, 0.25) is 0 Å². The van der Waals surface area contributed by atoms with Crippen molar-refractivity contribution in [2.24, 2.45) is 11.1 Å². The molecule has 1 aliphatic rings. The Bertz CT molecular complexity index is 370. The van der Waals surface area contributed by atoms with Crippen LogP contribution in [0.25, 0.3) is 0 Å². The molecule has 1 saturated heterocycles. The van der Waals surface area contributed by atoms with Crippen LogP contribution in [-0.2, 0) is 0 Å². The van der Waals surface area contributed by atoms with Gasteiger partial charge in [-0.2, -0.15) is 0 Å². The maximum absolute atomic E-state index is 5.99. The first-order chi connectivity index (χ1) is 9.23. The first-order valence-electron chi connectivity index (χ1n) is 7.70. The van der Waals surface area contributed by atoms with Gasteiger partial charge in [0.15, 0.2) is 0 Å². The van der Waals surface area contributed by atoms with Crippen molar-refractivity contribution >= 4 is 0 Å². The fourth-order valence-corrected chi connectivity index (χ4v) is 3.36. The van der Waals surface area contributed by atoms with Crippen LogP contribution in [0.3, 0.4) is 0 Å². The molecule has 1 aliphatic heterocycles. The normalized spacial score (nSPS) is 20.6. The van der Waals surface area contributed by atoms with Crippen LogP contribution in [0.5, 0.6) is 0 Å². The van der Waals surface area contributed by atoms with Gasteiger partial charge in [-0.15, -0.1) is 0 Å². The van der Waals surface area contributed by atoms with Gasteiger partial charge in [-0.05, 0) is 36.8 Å². The predicted molar refractivity (Wildman–Crippen MR) is 82.3 cm³/mol. The van der Waals surface area contributed by atoms with Crippen molar-refractivity contribution in [3.05, 3.63) is 35.9 Å². The second-order valence-corrected chi connectivity index (χ2v) is 6.04. The predicted octanol–water partition coefficient (Wildman–Crippen LogP) is 3.24. The lowest BCUT2D eigenvalue weighted by Crippen LogP contribution is -2.32. The minimum absolute atomic E-state index is 0.478. The fraction of sp³-hybridized carbons (Fsp3) is 0.647. The number of hydrogen-bond donors (Lipinski definition) is 1. The van der Waals surface area contributed by atoms with E-state index < -0.39 is 0 Å². The third-order valence-corrected chi connectivity index (χ3v) is 5.05. The van der Waals surface area contributed by atoms with E-state index in [2.05, 4.69) is 49.1 Å². The van der Waals surface area contributed by atoms with Crippen molar-refractivity contribution in [3.8, 4) is 0 Å². The zero-order valence-electron chi connectivity index (χ0n) is 12.4. The summed E-state index contributed by atoms with van der Waals surface area (Å²) in [6, 6.07) is 10.7. The number of nitrogens with two attached hydrogens (primary N) is 1. The molecule has 1 heterocycles. The molecule has 2 N–H and O–H groups in total. The molecule has 2 heteroatoms. The van der Waals surface area contributed by atoms with Crippen molar-refractivity contribution in [1.82, 2.24) is 4.90 Å². The third-order valence-electron chi connectivity index (χ3n) is 5.05. The summed E-state index contributed by atoms with van der Waals surface area (Å²) >= 11 is 0. The summed E-state index contributed by atoms with van der Waals surface area (Å²) in [6.45, 7) is 9.03. The van der Waals surface area contributed by atoms with Gasteiger partial charge in [-0.3, -0.25) is 0 Å². The van der Waals surface area contributed by atoms with Crippen LogP contribution in [0.4, 0.5) is 0 Å². The Kier molecular flexibility index (Phi) is 5.00. The highest BCUT2D eigenvalue weighted by Crippen LogP contribution is 2.37. The van der Waals surface area contributed by atoms with Crippen LogP contribution in [0.15, 0.2) is 30.3 Å². The summed E-state index contributed by atoms with van der Waals surface area (Å²) in [5.41, 5.74) is 7.94. The van der Waals surface area contributed by atoms with Gasteiger partial charge in [0.25, 0.3) is 0 Å². The van der Waals surface area contributed by atoms with Gasteiger partial charge in [0.05, 0.1) is 0 Å². The second-order valence-electron chi connectivity index (χ2n) is 6.04. The molecule has 0 aliphatic carbocycles. The SMILES string of the molecule is CCC1(CC)CCN(CC(CN)c2ccccc2)C1. The van der Waals surface area contributed by atoms with Crippen molar-refractivity contribution in [3.63, 3.8) is 0 Å². The summed E-state index contributed by atoms with van der Waals surface area (Å²) in [4.78, 5) is 2.62. The standard InChI is InChI=1S/C17H28N2/c1-3-17(4-2)10-11-19(14-17)13-16(12-18)15-8-6-5-7-9-15/h5-9,16H,3-4,10-14,18H2,1-2H3. The van der Waals surface area contributed by atoms with E-state index in [9.17, 15) is 0 Å². The van der Waals surface area contributed by atoms with Crippen LogP contribution in [-0.4, -0.2) is 31.1 Å². The quantitative estimate of drug-likeness (QED) is 0.851. The Morgan fingerprint density at radius 1 is 1.21 bits per heavy atom. The summed E-state index contributed by atoms with van der Waals surface area (Å²) in [5, 5.41) is 0. The van der Waals surface area contributed by atoms with Gasteiger partial charge < -0.3 is 10.6 Å². The van der Waals surface area contributed by atoms with E-state index in [4.69, 9.17) is 5.73 Å². The summed E-state index contributed by atoms with van der Waals surface area (Å²) < 4.78 is 0. The minimum atomic E-state index is 0.478. The summed E-state index contributed by atoms with van der Waals surface area (Å²) in [7, 11) is 0. The Hall–Kier alpha value is -0.860. The number of likely N-dealkylation sites (tertiary alicyclic amines) is 1. The summed E-state index contributed by atoms with van der Waals surface area (Å²) in [6.07, 6.45) is 3.96. The van der Waals surface area contributed by atoms with Crippen LogP contribution >= 0.6 is 0 Å². The van der Waals surface area contributed by atoms with Crippen molar-refractivity contribution in [2.45, 2.75) is 39.0 Å². The molecular weight excluding hydrogens is 232 g/mol. The van der Waals surface area contributed by atoms with E-state index in [1.54, 1.807) is 0 Å². The maximum atomic E-state index is 5.99. The summed E-state index contributed by atoms with van der Waals surface area (Å²) in [5.74, 6) is 0.478. The van der Waals surface area contributed by atoms with Crippen molar-refractivity contribution in [1.29, 1.82) is 0 Å². The lowest BCUT2D eigenvalue weighted by molar-refractivity contribution is 0.233. The van der Waals surface area contributed by atoms with Crippen LogP contribution < -0.4 is 5.73 Å². The van der Waals surface area contributed by atoms with Gasteiger partial charge in [-0.1, -0.05) is 44.2 Å². The molecule has 0 spiro atoms. The molecule has 0 aromatic heterocycles. The lowest BCUT2D eigenvalue weighted by atomic mass is 9.82. The van der Waals surface area contributed by atoms with E-state index in [-0.39, 0.29) is 0 Å². The fourth-order valence-electron chi connectivity index (χ4n) is 3.36. The molecule has 0 saturated carbocycles. The molecule has 0 amide bonds. The Morgan fingerprint density at radius 3 is 2.42 bits per heavy atom. The molecule has 1 aromatic carbocycles. The third kappa shape index (κ3) is 3.37. The van der Waals surface area contributed by atoms with Gasteiger partial charge in [0.2, 0.25) is 0 Å². The van der Waals surface area contributed by atoms with Crippen molar-refractivity contribution < 1.29 is 0 Å². The van der Waals surface area contributed by atoms with E-state index in [0.717, 1.165) is 13.1 Å². The zero-order valence-corrected chi connectivity index (χ0v) is 12.4. The molecule has 19 heavy (non-hydrogen) atoms. The van der Waals surface area contributed by atoms with E-state index in [1.165, 1.54) is 37.9 Å². The smallest absolute Gasteiger partial charge is 0.00888 e. The van der Waals surface area contributed by atoms with Gasteiger partial charge >= 0.3 is 0 Å². The molecule has 106 valence electrons. The van der Waals surface area contributed by atoms with Crippen LogP contribution in [0.1, 0.15) is 44.6 Å². The molecule has 1 aromatic rings. The van der Waals surface area contributed by atoms with Gasteiger partial charge in [-0.25, -0.2) is 0 Å². The highest BCUT2D eigenvalue weighted by atomic mass is 15.2. The molecule has 0 bridgehead atoms. The highest BCUT2D eigenvalue weighted by Gasteiger charge is 2.35. The molecule has 2 nitrogen and oxygen atoms in total. The number of hydrogen-bond acceptors (Lipinski definition) is 2. The molecule has 2 rings (SSSR count). The van der Waals surface area contributed by atoms with E-state index >= 15 is 0 Å². The molecule has 1 unspecified atom stereocenters. The van der Waals surface area contributed by atoms with Crippen LogP contribution in [0, 0.1) is 5.41 Å². The van der Waals surface area contributed by atoms with Crippen molar-refractivity contribution in [2.75, 3.05) is 26.2 Å². The number of benzene rings is 1. The van der Waals surface area contributed by atoms with E-state index in [1.807, 2.05) is 0 Å². The first-order valence-corrected chi connectivity index (χ1v) is 7.70. The molecule has 1 atom stereocenters. The van der Waals surface area contributed by atoms with E-state index in [0.29, 0.717) is 11.3 Å². The molecule has 0 radical (unpaired) electrons. The Labute approximate surface area is 118 Å². The highest BCUT2D eigenvalue weighted by molar-refractivity contribution is 5.20. The Balaban J connectivity index is 1.97. The topological polar surface area (TPSA) is 29.3 Å². The Morgan fingerprint density at radius 2 is 1.89 bits per heavy atom. The zero-order chi connectivity index (χ0) is 13.7. The number of nitrogens with zero attached hydrogens (tertiary/aromatic N) is 1. The second kappa shape index (κ2) is 6.53. The minimum Gasteiger partial charge on any atom is -0.330 e. The number of rotatable bonds is 6. The van der Waals surface area contributed by atoms with Gasteiger partial charge in [0.1, 0.15) is 0 Å². The monoisotopic (exact) mass is 260 g/mol. The average molecular weight is 260 g/mol. The maximum Gasteiger partial charge on any atom is 0.00888 e. The molecule has 1 fully saturated rings. The lowest BCUT2D eigenvalue weighted by Gasteiger charge is -2.28. The molecular formula is C17H28N2. The van der Waals surface area contributed by atoms with Gasteiger partial charge in [0, 0.05) is 25.6 Å². The largest absolute Gasteiger partial charge is 0.330 e. The first kappa shape index (κ1) is 14.5. The average Bonchev–Trinajstić information content (AvgIpc) is 2.90.